The molecule has 0 spiro atoms. The minimum Gasteiger partial charge on any atom is -0.495 e. The van der Waals surface area contributed by atoms with Crippen LogP contribution in [-0.2, 0) is 14.3 Å². The van der Waals surface area contributed by atoms with Crippen molar-refractivity contribution in [2.45, 2.75) is 25.1 Å². The number of rotatable bonds is 4. The zero-order valence-corrected chi connectivity index (χ0v) is 15.5. The number of carbonyl (C=O) groups excluding carboxylic acids is 2. The Bertz CT molecular complexity index is 895. The van der Waals surface area contributed by atoms with Crippen molar-refractivity contribution in [3.05, 3.63) is 53.2 Å². The van der Waals surface area contributed by atoms with Gasteiger partial charge < -0.3 is 14.8 Å². The highest BCUT2D eigenvalue weighted by Gasteiger charge is 2.44. The summed E-state index contributed by atoms with van der Waals surface area (Å²) < 4.78 is 64.0. The number of nitrogens with zero attached hydrogens (tertiary/aromatic N) is 1. The molecule has 29 heavy (non-hydrogen) atoms. The third-order valence-corrected chi connectivity index (χ3v) is 4.82. The molecule has 2 unspecified atom stereocenters. The smallest absolute Gasteiger partial charge is 0.395 e. The number of benzene rings is 1. The second-order valence-corrected chi connectivity index (χ2v) is 6.51. The van der Waals surface area contributed by atoms with Crippen LogP contribution in [0.25, 0.3) is 0 Å². The fourth-order valence-corrected chi connectivity index (χ4v) is 3.41. The molecule has 3 rings (SSSR count). The highest BCUT2D eigenvalue weighted by Crippen LogP contribution is 2.43. The lowest BCUT2D eigenvalue weighted by atomic mass is 9.92. The SMILES string of the molecule is COC(=O)CC1c2cccc(F)c2NC(=O)N1C1=CC(C(F)(F)F)CC=C1OC. The van der Waals surface area contributed by atoms with E-state index in [1.165, 1.54) is 25.3 Å². The topological polar surface area (TPSA) is 67.9 Å². The van der Waals surface area contributed by atoms with Crippen molar-refractivity contribution in [1.29, 1.82) is 0 Å². The summed E-state index contributed by atoms with van der Waals surface area (Å²) in [4.78, 5) is 25.7. The zero-order valence-electron chi connectivity index (χ0n) is 15.5. The summed E-state index contributed by atoms with van der Waals surface area (Å²) in [6.07, 6.45) is -3.15. The maximum Gasteiger partial charge on any atom is 0.395 e. The molecule has 10 heteroatoms. The van der Waals surface area contributed by atoms with Crippen molar-refractivity contribution in [3.8, 4) is 0 Å². The van der Waals surface area contributed by atoms with Crippen LogP contribution in [0.2, 0.25) is 0 Å². The summed E-state index contributed by atoms with van der Waals surface area (Å²) in [7, 11) is 2.40. The van der Waals surface area contributed by atoms with Crippen LogP contribution in [0.15, 0.2) is 41.8 Å². The molecule has 1 N–H and O–H groups in total. The van der Waals surface area contributed by atoms with E-state index in [-0.39, 0.29) is 35.5 Å². The van der Waals surface area contributed by atoms with E-state index < -0.39 is 36.0 Å². The molecule has 2 amide bonds. The van der Waals surface area contributed by atoms with Crippen molar-refractivity contribution < 1.29 is 36.6 Å². The maximum absolute atomic E-state index is 14.2. The number of hydrogen-bond donors (Lipinski definition) is 1. The van der Waals surface area contributed by atoms with Crippen molar-refractivity contribution in [3.63, 3.8) is 0 Å². The average Bonchev–Trinajstić information content (AvgIpc) is 2.67. The highest BCUT2D eigenvalue weighted by molar-refractivity contribution is 5.95. The summed E-state index contributed by atoms with van der Waals surface area (Å²) in [5.74, 6) is -3.22. The van der Waals surface area contributed by atoms with Gasteiger partial charge >= 0.3 is 18.2 Å². The first kappa shape index (κ1) is 20.7. The Morgan fingerprint density at radius 2 is 2.03 bits per heavy atom. The molecule has 1 aliphatic heterocycles. The number of anilines is 1. The van der Waals surface area contributed by atoms with Crippen LogP contribution in [0.4, 0.5) is 28.0 Å². The van der Waals surface area contributed by atoms with Crippen molar-refractivity contribution >= 4 is 17.7 Å². The van der Waals surface area contributed by atoms with Crippen LogP contribution in [0.5, 0.6) is 0 Å². The summed E-state index contributed by atoms with van der Waals surface area (Å²) in [6.45, 7) is 0. The molecule has 0 saturated heterocycles. The minimum absolute atomic E-state index is 0.0513. The van der Waals surface area contributed by atoms with Gasteiger partial charge in [-0.3, -0.25) is 9.69 Å². The molecular formula is C19H18F4N2O4. The molecule has 6 nitrogen and oxygen atoms in total. The van der Waals surface area contributed by atoms with Gasteiger partial charge in [-0.25, -0.2) is 9.18 Å². The van der Waals surface area contributed by atoms with Gasteiger partial charge in [-0.1, -0.05) is 12.1 Å². The standard InChI is InChI=1S/C19H18F4N2O4/c1-28-15-7-6-10(19(21,22)23)8-14(15)25-13(9-16(26)29-2)11-4-3-5-12(20)17(11)24-18(25)27/h3-5,7-8,10,13H,6,9H2,1-2H3,(H,24,27). The van der Waals surface area contributed by atoms with Crippen LogP contribution in [-0.4, -0.2) is 37.3 Å². The van der Waals surface area contributed by atoms with E-state index in [1.54, 1.807) is 0 Å². The molecule has 1 aromatic carbocycles. The number of carbonyl (C=O) groups is 2. The van der Waals surface area contributed by atoms with Gasteiger partial charge in [0.1, 0.15) is 11.6 Å². The van der Waals surface area contributed by atoms with Gasteiger partial charge in [-0.15, -0.1) is 0 Å². The van der Waals surface area contributed by atoms with Crippen LogP contribution in [0.1, 0.15) is 24.4 Å². The predicted molar refractivity (Wildman–Crippen MR) is 94.0 cm³/mol. The quantitative estimate of drug-likeness (QED) is 0.590. The lowest BCUT2D eigenvalue weighted by molar-refractivity contribution is -0.161. The zero-order chi connectivity index (χ0) is 21.3. The number of urea groups is 1. The Morgan fingerprint density at radius 3 is 2.66 bits per heavy atom. The number of amides is 2. The van der Waals surface area contributed by atoms with Crippen LogP contribution in [0.3, 0.4) is 0 Å². The molecule has 0 radical (unpaired) electrons. The first-order valence-corrected chi connectivity index (χ1v) is 8.65. The molecule has 1 aliphatic carbocycles. The molecule has 1 aromatic rings. The molecule has 2 aliphatic rings. The molecule has 2 atom stereocenters. The van der Waals surface area contributed by atoms with Gasteiger partial charge in [0.2, 0.25) is 0 Å². The summed E-state index contributed by atoms with van der Waals surface area (Å²) >= 11 is 0. The predicted octanol–water partition coefficient (Wildman–Crippen LogP) is 4.27. The summed E-state index contributed by atoms with van der Waals surface area (Å²) in [5.41, 5.74) is -0.0442. The van der Waals surface area contributed by atoms with E-state index in [9.17, 15) is 27.2 Å². The van der Waals surface area contributed by atoms with E-state index in [1.807, 2.05) is 0 Å². The van der Waals surface area contributed by atoms with E-state index in [2.05, 4.69) is 10.1 Å². The Labute approximate surface area is 163 Å². The number of allylic oxidation sites excluding steroid dienone is 2. The third-order valence-electron chi connectivity index (χ3n) is 4.82. The first-order chi connectivity index (χ1) is 13.7. The highest BCUT2D eigenvalue weighted by atomic mass is 19.4. The molecule has 0 fully saturated rings. The molecular weight excluding hydrogens is 396 g/mol. The third kappa shape index (κ3) is 3.92. The van der Waals surface area contributed by atoms with Crippen LogP contribution >= 0.6 is 0 Å². The fraction of sp³-hybridized carbons (Fsp3) is 0.368. The Kier molecular flexibility index (Phi) is 5.54. The van der Waals surface area contributed by atoms with Crippen molar-refractivity contribution in [1.82, 2.24) is 4.90 Å². The summed E-state index contributed by atoms with van der Waals surface area (Å²) in [5, 5.41) is 2.35. The Hall–Kier alpha value is -3.04. The van der Waals surface area contributed by atoms with Crippen LogP contribution in [0, 0.1) is 11.7 Å². The molecule has 156 valence electrons. The molecule has 1 heterocycles. The van der Waals surface area contributed by atoms with Crippen molar-refractivity contribution in [2.24, 2.45) is 5.92 Å². The van der Waals surface area contributed by atoms with Gasteiger partial charge in [0, 0.05) is 5.56 Å². The summed E-state index contributed by atoms with van der Waals surface area (Å²) in [6, 6.07) is 2.03. The Morgan fingerprint density at radius 1 is 1.31 bits per heavy atom. The van der Waals surface area contributed by atoms with E-state index in [0.717, 1.165) is 24.2 Å². The number of halogens is 4. The number of methoxy groups -OCH3 is 2. The second kappa shape index (κ2) is 7.76. The number of esters is 1. The molecule has 0 bridgehead atoms. The molecule has 0 saturated carbocycles. The van der Waals surface area contributed by atoms with Gasteiger partial charge in [0.15, 0.2) is 0 Å². The van der Waals surface area contributed by atoms with Gasteiger partial charge in [0.05, 0.1) is 44.0 Å². The average molecular weight is 414 g/mol. The lowest BCUT2D eigenvalue weighted by Gasteiger charge is -2.39. The largest absolute Gasteiger partial charge is 0.495 e. The Balaban J connectivity index is 2.13. The molecule has 0 aromatic heterocycles. The number of hydrogen-bond acceptors (Lipinski definition) is 4. The van der Waals surface area contributed by atoms with E-state index in [0.29, 0.717) is 0 Å². The number of alkyl halides is 3. The number of nitrogens with one attached hydrogen (secondary N) is 1. The fourth-order valence-electron chi connectivity index (χ4n) is 3.41. The number of para-hydroxylation sites is 1. The minimum atomic E-state index is -4.53. The second-order valence-electron chi connectivity index (χ2n) is 6.51. The first-order valence-electron chi connectivity index (χ1n) is 8.65. The lowest BCUT2D eigenvalue weighted by Crippen LogP contribution is -2.44. The monoisotopic (exact) mass is 414 g/mol. The number of ether oxygens (including phenoxy) is 2. The van der Waals surface area contributed by atoms with Gasteiger partial charge in [0.25, 0.3) is 0 Å². The van der Waals surface area contributed by atoms with Gasteiger partial charge in [-0.2, -0.15) is 13.2 Å². The van der Waals surface area contributed by atoms with E-state index in [4.69, 9.17) is 4.74 Å². The number of fused-ring (bicyclic) bond motifs is 1. The maximum atomic E-state index is 14.2. The van der Waals surface area contributed by atoms with E-state index >= 15 is 0 Å². The van der Waals surface area contributed by atoms with Crippen molar-refractivity contribution in [2.75, 3.05) is 19.5 Å². The normalized spacial score (nSPS) is 21.6. The van der Waals surface area contributed by atoms with Gasteiger partial charge in [-0.05, 0) is 24.6 Å². The van der Waals surface area contributed by atoms with Crippen LogP contribution < -0.4 is 5.32 Å².